The quantitative estimate of drug-likeness (QED) is 0.695. The molecular formula is C11H11NO3. The van der Waals surface area contributed by atoms with Crippen LogP contribution >= 0.6 is 0 Å². The molecule has 0 amide bonds. The maximum atomic E-state index is 11.1. The van der Waals surface area contributed by atoms with E-state index in [1.54, 1.807) is 37.4 Å². The summed E-state index contributed by atoms with van der Waals surface area (Å²) in [5.74, 6) is 0.339. The van der Waals surface area contributed by atoms with Crippen molar-refractivity contribution in [1.29, 1.82) is 5.26 Å². The van der Waals surface area contributed by atoms with Crippen molar-refractivity contribution in [2.24, 2.45) is 0 Å². The van der Waals surface area contributed by atoms with Gasteiger partial charge in [0.15, 0.2) is 6.61 Å². The molecule has 4 nitrogen and oxygen atoms in total. The van der Waals surface area contributed by atoms with Crippen LogP contribution in [0.3, 0.4) is 0 Å². The van der Waals surface area contributed by atoms with Gasteiger partial charge in [0.2, 0.25) is 0 Å². The second-order valence-corrected chi connectivity index (χ2v) is 2.84. The number of benzene rings is 1. The number of esters is 1. The van der Waals surface area contributed by atoms with Gasteiger partial charge in [-0.2, -0.15) is 5.26 Å². The minimum absolute atomic E-state index is 0.172. The fourth-order valence-electron chi connectivity index (χ4n) is 1.07. The molecule has 4 heteroatoms. The zero-order chi connectivity index (χ0) is 11.1. The number of hydrogen-bond donors (Lipinski definition) is 0. The molecule has 78 valence electrons. The molecule has 0 atom stereocenters. The first-order valence-corrected chi connectivity index (χ1v) is 4.41. The number of methoxy groups -OCH3 is 1. The van der Waals surface area contributed by atoms with Gasteiger partial charge in [-0.15, -0.1) is 0 Å². The van der Waals surface area contributed by atoms with Gasteiger partial charge in [0, 0.05) is 0 Å². The van der Waals surface area contributed by atoms with Gasteiger partial charge in [-0.3, -0.25) is 4.79 Å². The van der Waals surface area contributed by atoms with Crippen molar-refractivity contribution in [3.8, 4) is 11.8 Å². The fraction of sp³-hybridized carbons (Fsp3) is 0.273. The molecule has 0 unspecified atom stereocenters. The second-order valence-electron chi connectivity index (χ2n) is 2.84. The monoisotopic (exact) mass is 205 g/mol. The van der Waals surface area contributed by atoms with E-state index in [9.17, 15) is 4.79 Å². The zero-order valence-corrected chi connectivity index (χ0v) is 8.40. The number of nitrogens with zero attached hydrogens (tertiary/aromatic N) is 1. The van der Waals surface area contributed by atoms with Crippen LogP contribution in [0.25, 0.3) is 0 Å². The summed E-state index contributed by atoms with van der Waals surface area (Å²) in [4.78, 5) is 11.1. The average molecular weight is 205 g/mol. The van der Waals surface area contributed by atoms with Gasteiger partial charge in [-0.05, 0) is 17.7 Å². The third-order valence-electron chi connectivity index (χ3n) is 1.81. The molecule has 0 N–H and O–H groups in total. The van der Waals surface area contributed by atoms with E-state index in [1.165, 1.54) is 0 Å². The van der Waals surface area contributed by atoms with E-state index < -0.39 is 5.97 Å². The fourth-order valence-corrected chi connectivity index (χ4v) is 1.07. The van der Waals surface area contributed by atoms with E-state index in [1.807, 2.05) is 0 Å². The number of ether oxygens (including phenoxy) is 2. The van der Waals surface area contributed by atoms with Gasteiger partial charge in [0.05, 0.1) is 13.5 Å². The minimum Gasteiger partial charge on any atom is -0.497 e. The van der Waals surface area contributed by atoms with Gasteiger partial charge in [0.25, 0.3) is 0 Å². The highest BCUT2D eigenvalue weighted by atomic mass is 16.5. The number of carbonyl (C=O) groups excluding carboxylic acids is 1. The zero-order valence-electron chi connectivity index (χ0n) is 8.40. The lowest BCUT2D eigenvalue weighted by atomic mass is 10.1. The molecule has 15 heavy (non-hydrogen) atoms. The van der Waals surface area contributed by atoms with Crippen LogP contribution in [0, 0.1) is 11.3 Å². The summed E-state index contributed by atoms with van der Waals surface area (Å²) in [6.07, 6.45) is 0.172. The maximum Gasteiger partial charge on any atom is 0.311 e. The molecule has 0 radical (unpaired) electrons. The Hall–Kier alpha value is -2.02. The van der Waals surface area contributed by atoms with Crippen molar-refractivity contribution in [3.05, 3.63) is 29.8 Å². The van der Waals surface area contributed by atoms with Crippen LogP contribution in [-0.2, 0) is 16.0 Å². The SMILES string of the molecule is COc1ccc(CC(=O)OCC#N)cc1. The summed E-state index contributed by atoms with van der Waals surface area (Å²) < 4.78 is 9.60. The Morgan fingerprint density at radius 3 is 2.60 bits per heavy atom. The Morgan fingerprint density at radius 1 is 1.40 bits per heavy atom. The molecule has 0 aliphatic heterocycles. The van der Waals surface area contributed by atoms with Crippen LogP contribution in [0.4, 0.5) is 0 Å². The second kappa shape index (κ2) is 5.66. The average Bonchev–Trinajstić information content (AvgIpc) is 2.27. The molecule has 0 aliphatic carbocycles. The summed E-state index contributed by atoms with van der Waals surface area (Å²) in [7, 11) is 1.58. The molecule has 0 aromatic heterocycles. The first-order valence-electron chi connectivity index (χ1n) is 4.41. The van der Waals surface area contributed by atoms with Crippen LogP contribution in [-0.4, -0.2) is 19.7 Å². The molecule has 0 aliphatic rings. The van der Waals surface area contributed by atoms with Crippen LogP contribution < -0.4 is 4.74 Å². The third-order valence-corrected chi connectivity index (χ3v) is 1.81. The Bertz CT molecular complexity index is 364. The van der Waals surface area contributed by atoms with E-state index in [4.69, 9.17) is 10.00 Å². The summed E-state index contributed by atoms with van der Waals surface area (Å²) in [6, 6.07) is 8.85. The Balaban J connectivity index is 2.50. The molecule has 0 heterocycles. The third kappa shape index (κ3) is 3.69. The van der Waals surface area contributed by atoms with Crippen molar-refractivity contribution in [2.45, 2.75) is 6.42 Å². The Kier molecular flexibility index (Phi) is 4.17. The number of carbonyl (C=O) groups is 1. The van der Waals surface area contributed by atoms with Crippen LogP contribution in [0.1, 0.15) is 5.56 Å². The normalized spacial score (nSPS) is 9.07. The van der Waals surface area contributed by atoms with E-state index in [2.05, 4.69) is 4.74 Å². The van der Waals surface area contributed by atoms with Crippen molar-refractivity contribution in [3.63, 3.8) is 0 Å². The topological polar surface area (TPSA) is 59.3 Å². The standard InChI is InChI=1S/C11H11NO3/c1-14-10-4-2-9(3-5-10)8-11(13)15-7-6-12/h2-5H,7-8H2,1H3. The minimum atomic E-state index is -0.401. The van der Waals surface area contributed by atoms with Crippen LogP contribution in [0.15, 0.2) is 24.3 Å². The highest BCUT2D eigenvalue weighted by Crippen LogP contribution is 2.11. The number of nitriles is 1. The van der Waals surface area contributed by atoms with Crippen LogP contribution in [0.5, 0.6) is 5.75 Å². The Labute approximate surface area is 88.0 Å². The van der Waals surface area contributed by atoms with E-state index in [0.717, 1.165) is 11.3 Å². The number of rotatable bonds is 4. The largest absolute Gasteiger partial charge is 0.497 e. The van der Waals surface area contributed by atoms with Gasteiger partial charge in [0.1, 0.15) is 11.8 Å². The predicted octanol–water partition coefficient (Wildman–Crippen LogP) is 1.30. The van der Waals surface area contributed by atoms with Crippen molar-refractivity contribution in [1.82, 2.24) is 0 Å². The lowest BCUT2D eigenvalue weighted by Gasteiger charge is -2.02. The predicted molar refractivity (Wildman–Crippen MR) is 53.3 cm³/mol. The van der Waals surface area contributed by atoms with Gasteiger partial charge >= 0.3 is 5.97 Å². The summed E-state index contributed by atoms with van der Waals surface area (Å²) in [6.45, 7) is -0.199. The maximum absolute atomic E-state index is 11.1. The van der Waals surface area contributed by atoms with Crippen LogP contribution in [0.2, 0.25) is 0 Å². The Morgan fingerprint density at radius 2 is 2.07 bits per heavy atom. The van der Waals surface area contributed by atoms with Gasteiger partial charge in [-0.25, -0.2) is 0 Å². The highest BCUT2D eigenvalue weighted by Gasteiger charge is 2.04. The molecule has 0 saturated heterocycles. The molecular weight excluding hydrogens is 194 g/mol. The molecule has 0 bridgehead atoms. The van der Waals surface area contributed by atoms with Crippen molar-refractivity contribution in [2.75, 3.05) is 13.7 Å². The molecule has 1 rings (SSSR count). The highest BCUT2D eigenvalue weighted by molar-refractivity contribution is 5.72. The first-order chi connectivity index (χ1) is 7.26. The van der Waals surface area contributed by atoms with E-state index in [-0.39, 0.29) is 13.0 Å². The summed E-state index contributed by atoms with van der Waals surface area (Å²) in [5.41, 5.74) is 0.832. The summed E-state index contributed by atoms with van der Waals surface area (Å²) in [5, 5.41) is 8.21. The molecule has 1 aromatic rings. The van der Waals surface area contributed by atoms with E-state index in [0.29, 0.717) is 0 Å². The smallest absolute Gasteiger partial charge is 0.311 e. The molecule has 0 saturated carbocycles. The van der Waals surface area contributed by atoms with Gasteiger partial charge < -0.3 is 9.47 Å². The van der Waals surface area contributed by atoms with Gasteiger partial charge in [-0.1, -0.05) is 12.1 Å². The number of hydrogen-bond acceptors (Lipinski definition) is 4. The molecule has 1 aromatic carbocycles. The molecule has 0 spiro atoms. The van der Waals surface area contributed by atoms with Crippen molar-refractivity contribution < 1.29 is 14.3 Å². The lowest BCUT2D eigenvalue weighted by Crippen LogP contribution is -2.07. The first kappa shape index (κ1) is 11.1. The lowest BCUT2D eigenvalue weighted by molar-refractivity contribution is -0.141. The van der Waals surface area contributed by atoms with E-state index >= 15 is 0 Å². The summed E-state index contributed by atoms with van der Waals surface area (Å²) >= 11 is 0. The van der Waals surface area contributed by atoms with Crippen molar-refractivity contribution >= 4 is 5.97 Å². The molecule has 0 fully saturated rings.